The zero-order valence-corrected chi connectivity index (χ0v) is 17.5. The van der Waals surface area contributed by atoms with Crippen LogP contribution in [0.15, 0.2) is 54.9 Å². The van der Waals surface area contributed by atoms with Crippen molar-refractivity contribution < 1.29 is 22.7 Å². The lowest BCUT2D eigenvalue weighted by Crippen LogP contribution is -2.20. The van der Waals surface area contributed by atoms with Gasteiger partial charge >= 0.3 is 6.18 Å². The number of carbonyl (C=O) groups excluding carboxylic acids is 1. The Kier molecular flexibility index (Phi) is 6.64. The Bertz CT molecular complexity index is 1180. The van der Waals surface area contributed by atoms with E-state index in [4.69, 9.17) is 4.74 Å². The van der Waals surface area contributed by atoms with E-state index in [0.29, 0.717) is 17.4 Å². The number of nitrogens with zero attached hydrogens (tertiary/aromatic N) is 3. The Balaban J connectivity index is 1.91. The molecule has 0 unspecified atom stereocenters. The Morgan fingerprint density at radius 3 is 2.56 bits per heavy atom. The van der Waals surface area contributed by atoms with Crippen molar-refractivity contribution in [1.29, 1.82) is 0 Å². The summed E-state index contributed by atoms with van der Waals surface area (Å²) >= 11 is 0. The highest BCUT2D eigenvalue weighted by molar-refractivity contribution is 6.08. The van der Waals surface area contributed by atoms with Crippen LogP contribution in [0.3, 0.4) is 0 Å². The van der Waals surface area contributed by atoms with Gasteiger partial charge in [-0.05, 0) is 43.3 Å². The molecule has 6 nitrogen and oxygen atoms in total. The summed E-state index contributed by atoms with van der Waals surface area (Å²) in [5.41, 5.74) is -0.269. The van der Waals surface area contributed by atoms with Crippen LogP contribution < -0.4 is 15.0 Å². The van der Waals surface area contributed by atoms with Crippen molar-refractivity contribution >= 4 is 23.1 Å². The quantitative estimate of drug-likeness (QED) is 0.572. The van der Waals surface area contributed by atoms with Crippen molar-refractivity contribution in [3.8, 4) is 17.7 Å². The molecule has 0 atom stereocenters. The van der Waals surface area contributed by atoms with E-state index >= 15 is 0 Å². The highest BCUT2D eigenvalue weighted by Gasteiger charge is 2.33. The lowest BCUT2D eigenvalue weighted by molar-refractivity contribution is -0.137. The average molecular weight is 440 g/mol. The first-order chi connectivity index (χ1) is 15.2. The second-order valence-electron chi connectivity index (χ2n) is 6.58. The number of benzene rings is 1. The lowest BCUT2D eigenvalue weighted by atomic mass is 10.1. The molecule has 3 aromatic rings. The van der Waals surface area contributed by atoms with E-state index in [2.05, 4.69) is 27.1 Å². The van der Waals surface area contributed by atoms with Crippen molar-refractivity contribution in [3.05, 3.63) is 71.5 Å². The van der Waals surface area contributed by atoms with Gasteiger partial charge in [-0.1, -0.05) is 5.92 Å². The molecule has 0 spiro atoms. The first-order valence-electron chi connectivity index (χ1n) is 9.38. The zero-order chi connectivity index (χ0) is 23.3. The van der Waals surface area contributed by atoms with Crippen LogP contribution in [0.4, 0.5) is 30.4 Å². The molecule has 0 bridgehead atoms. The maximum atomic E-state index is 13.4. The summed E-state index contributed by atoms with van der Waals surface area (Å²) in [5.74, 6) is 5.02. The Labute approximate surface area is 183 Å². The van der Waals surface area contributed by atoms with E-state index in [9.17, 15) is 18.0 Å². The smallest absolute Gasteiger partial charge is 0.417 e. The minimum absolute atomic E-state index is 0.00690. The molecule has 2 heterocycles. The fourth-order valence-corrected chi connectivity index (χ4v) is 2.95. The number of carbonyl (C=O) groups is 1. The number of aromatic nitrogens is 2. The molecular weight excluding hydrogens is 421 g/mol. The Morgan fingerprint density at radius 1 is 1.16 bits per heavy atom. The molecule has 3 rings (SSSR count). The number of hydrogen-bond acceptors (Lipinski definition) is 5. The van der Waals surface area contributed by atoms with E-state index < -0.39 is 17.6 Å². The number of hydrogen-bond donors (Lipinski definition) is 1. The topological polar surface area (TPSA) is 67.4 Å². The molecule has 9 heteroatoms. The number of pyridine rings is 2. The van der Waals surface area contributed by atoms with Crippen molar-refractivity contribution in [2.45, 2.75) is 13.1 Å². The standard InChI is InChI=1S/C23H19F3N4O2/c1-4-6-15-8-9-16(13-19(15)23(24,25)26)29-22(31)18-7-5-12-27-21(18)30(2)17-10-11-20(32-3)28-14-17/h5,7-14H,1-3H3,(H,29,31). The van der Waals surface area contributed by atoms with Gasteiger partial charge in [-0.15, -0.1) is 5.92 Å². The van der Waals surface area contributed by atoms with Crippen LogP contribution in [0.1, 0.15) is 28.4 Å². The molecule has 0 aliphatic heterocycles. The molecule has 1 aromatic carbocycles. The van der Waals surface area contributed by atoms with Crippen molar-refractivity contribution in [3.63, 3.8) is 0 Å². The number of ether oxygens (including phenoxy) is 1. The van der Waals surface area contributed by atoms with Crippen LogP contribution in [0, 0.1) is 11.8 Å². The molecule has 2 aromatic heterocycles. The summed E-state index contributed by atoms with van der Waals surface area (Å²) in [5, 5.41) is 2.52. The van der Waals surface area contributed by atoms with E-state index in [0.717, 1.165) is 6.07 Å². The van der Waals surface area contributed by atoms with Gasteiger partial charge in [0, 0.05) is 30.6 Å². The van der Waals surface area contributed by atoms with Crippen LogP contribution in [0.5, 0.6) is 5.88 Å². The number of halogens is 3. The molecule has 1 N–H and O–H groups in total. The number of nitrogens with one attached hydrogen (secondary N) is 1. The molecule has 0 aliphatic carbocycles. The maximum Gasteiger partial charge on any atom is 0.417 e. The van der Waals surface area contributed by atoms with E-state index in [1.54, 1.807) is 36.3 Å². The maximum absolute atomic E-state index is 13.4. The van der Waals surface area contributed by atoms with Crippen LogP contribution in [-0.4, -0.2) is 30.0 Å². The van der Waals surface area contributed by atoms with E-state index in [-0.39, 0.29) is 16.8 Å². The number of alkyl halides is 3. The predicted molar refractivity (Wildman–Crippen MR) is 115 cm³/mol. The largest absolute Gasteiger partial charge is 0.481 e. The summed E-state index contributed by atoms with van der Waals surface area (Å²) < 4.78 is 45.3. The molecule has 164 valence electrons. The number of anilines is 3. The van der Waals surface area contributed by atoms with Crippen molar-refractivity contribution in [2.24, 2.45) is 0 Å². The summed E-state index contributed by atoms with van der Waals surface area (Å²) in [6.45, 7) is 1.45. The van der Waals surface area contributed by atoms with Crippen LogP contribution in [0.2, 0.25) is 0 Å². The highest BCUT2D eigenvalue weighted by atomic mass is 19.4. The van der Waals surface area contributed by atoms with E-state index in [1.807, 2.05) is 0 Å². The molecule has 0 saturated carbocycles. The van der Waals surface area contributed by atoms with Crippen molar-refractivity contribution in [2.75, 3.05) is 24.4 Å². The van der Waals surface area contributed by atoms with Crippen molar-refractivity contribution in [1.82, 2.24) is 9.97 Å². The van der Waals surface area contributed by atoms with Gasteiger partial charge in [0.05, 0.1) is 30.1 Å². The number of methoxy groups -OCH3 is 1. The summed E-state index contributed by atoms with van der Waals surface area (Å²) in [6.07, 6.45) is -1.54. The molecule has 0 radical (unpaired) electrons. The highest BCUT2D eigenvalue weighted by Crippen LogP contribution is 2.34. The first-order valence-corrected chi connectivity index (χ1v) is 9.38. The van der Waals surface area contributed by atoms with Gasteiger partial charge in [-0.3, -0.25) is 4.79 Å². The van der Waals surface area contributed by atoms with Crippen LogP contribution in [0.25, 0.3) is 0 Å². The molecule has 32 heavy (non-hydrogen) atoms. The van der Waals surface area contributed by atoms with Gasteiger partial charge in [-0.25, -0.2) is 9.97 Å². The second-order valence-corrected chi connectivity index (χ2v) is 6.58. The van der Waals surface area contributed by atoms with Gasteiger partial charge in [0.15, 0.2) is 0 Å². The molecule has 1 amide bonds. The van der Waals surface area contributed by atoms with Gasteiger partial charge in [0.1, 0.15) is 5.82 Å². The minimum atomic E-state index is -4.61. The van der Waals surface area contributed by atoms with Gasteiger partial charge in [0.2, 0.25) is 5.88 Å². The number of amides is 1. The van der Waals surface area contributed by atoms with Gasteiger partial charge in [0.25, 0.3) is 5.91 Å². The number of rotatable bonds is 5. The molecule has 0 fully saturated rings. The molecular formula is C23H19F3N4O2. The van der Waals surface area contributed by atoms with Crippen LogP contribution in [-0.2, 0) is 6.18 Å². The fraction of sp³-hybridized carbons (Fsp3) is 0.174. The Morgan fingerprint density at radius 2 is 1.94 bits per heavy atom. The second kappa shape index (κ2) is 9.39. The summed E-state index contributed by atoms with van der Waals surface area (Å²) in [4.78, 5) is 23.0. The molecule has 0 aliphatic rings. The van der Waals surface area contributed by atoms with Gasteiger partial charge < -0.3 is 15.0 Å². The Hall–Kier alpha value is -4.06. The van der Waals surface area contributed by atoms with E-state index in [1.165, 1.54) is 38.4 Å². The fourth-order valence-electron chi connectivity index (χ4n) is 2.95. The summed E-state index contributed by atoms with van der Waals surface area (Å²) in [6, 6.07) is 9.98. The first kappa shape index (κ1) is 22.6. The summed E-state index contributed by atoms with van der Waals surface area (Å²) in [7, 11) is 3.20. The normalized spacial score (nSPS) is 10.7. The third-order valence-electron chi connectivity index (χ3n) is 4.51. The zero-order valence-electron chi connectivity index (χ0n) is 17.5. The van der Waals surface area contributed by atoms with Gasteiger partial charge in [-0.2, -0.15) is 13.2 Å². The minimum Gasteiger partial charge on any atom is -0.481 e. The SMILES string of the molecule is CC#Cc1ccc(NC(=O)c2cccnc2N(C)c2ccc(OC)nc2)cc1C(F)(F)F. The average Bonchev–Trinajstić information content (AvgIpc) is 2.79. The monoisotopic (exact) mass is 440 g/mol. The lowest BCUT2D eigenvalue weighted by Gasteiger charge is -2.21. The third-order valence-corrected chi connectivity index (χ3v) is 4.51. The molecule has 0 saturated heterocycles. The van der Waals surface area contributed by atoms with Crippen LogP contribution >= 0.6 is 0 Å². The third kappa shape index (κ3) is 4.98. The predicted octanol–water partition coefficient (Wildman–Crippen LogP) is 4.90.